The lowest BCUT2D eigenvalue weighted by Gasteiger charge is -2.34. The maximum atomic E-state index is 12.9. The predicted octanol–water partition coefficient (Wildman–Crippen LogP) is 2.58. The second-order valence-corrected chi connectivity index (χ2v) is 6.58. The van der Waals surface area contributed by atoms with Crippen LogP contribution in [0.15, 0.2) is 5.16 Å². The Hall–Kier alpha value is -1.26. The van der Waals surface area contributed by atoms with E-state index in [0.29, 0.717) is 12.8 Å². The zero-order valence-corrected chi connectivity index (χ0v) is 13.3. The molecule has 5 nitrogen and oxygen atoms in total. The van der Waals surface area contributed by atoms with Gasteiger partial charge in [0.2, 0.25) is 5.91 Å². The number of nitrogens with two attached hydrogens (primary N) is 1. The van der Waals surface area contributed by atoms with Crippen molar-refractivity contribution in [2.45, 2.75) is 59.8 Å². The van der Waals surface area contributed by atoms with E-state index in [4.69, 9.17) is 10.9 Å². The number of hydrogen-bond donors (Lipinski definition) is 2. The fourth-order valence-electron chi connectivity index (χ4n) is 3.05. The van der Waals surface area contributed by atoms with Crippen molar-refractivity contribution < 1.29 is 10.0 Å². The molecule has 0 aromatic carbocycles. The summed E-state index contributed by atoms with van der Waals surface area (Å²) in [5.74, 6) is 0.0477. The Morgan fingerprint density at radius 2 is 1.90 bits per heavy atom. The normalized spacial score (nSPS) is 20.6. The first-order chi connectivity index (χ1) is 9.33. The lowest BCUT2D eigenvalue weighted by Crippen LogP contribution is -2.51. The van der Waals surface area contributed by atoms with Crippen LogP contribution in [0.25, 0.3) is 0 Å². The highest BCUT2D eigenvalue weighted by molar-refractivity contribution is 6.06. The van der Waals surface area contributed by atoms with Gasteiger partial charge < -0.3 is 15.8 Å². The summed E-state index contributed by atoms with van der Waals surface area (Å²) in [7, 11) is 0. The van der Waals surface area contributed by atoms with Gasteiger partial charge in [-0.05, 0) is 37.5 Å². The quantitative estimate of drug-likeness (QED) is 0.360. The first kappa shape index (κ1) is 16.8. The molecule has 0 bridgehead atoms. The molecule has 0 unspecified atom stereocenters. The van der Waals surface area contributed by atoms with Crippen molar-refractivity contribution in [1.29, 1.82) is 0 Å². The van der Waals surface area contributed by atoms with E-state index in [1.807, 2.05) is 18.7 Å². The van der Waals surface area contributed by atoms with Crippen molar-refractivity contribution in [3.05, 3.63) is 0 Å². The number of nitrogens with zero attached hydrogens (tertiary/aromatic N) is 2. The zero-order valence-electron chi connectivity index (χ0n) is 13.3. The third-order valence-corrected chi connectivity index (χ3v) is 4.84. The van der Waals surface area contributed by atoms with Crippen molar-refractivity contribution in [2.75, 3.05) is 13.1 Å². The monoisotopic (exact) mass is 283 g/mol. The Kier molecular flexibility index (Phi) is 5.42. The van der Waals surface area contributed by atoms with E-state index >= 15 is 0 Å². The number of carbonyl (C=O) groups excluding carboxylic acids is 1. The maximum absolute atomic E-state index is 12.9. The second-order valence-electron chi connectivity index (χ2n) is 6.58. The molecule has 5 heteroatoms. The molecule has 0 atom stereocenters. The summed E-state index contributed by atoms with van der Waals surface area (Å²) in [6.07, 6.45) is 4.25. The first-order valence-corrected chi connectivity index (χ1v) is 7.60. The molecular weight excluding hydrogens is 254 g/mol. The lowest BCUT2D eigenvalue weighted by atomic mass is 9.79. The first-order valence-electron chi connectivity index (χ1n) is 7.60. The minimum Gasteiger partial charge on any atom is -0.409 e. The van der Waals surface area contributed by atoms with Gasteiger partial charge in [-0.15, -0.1) is 0 Å². The molecule has 0 aromatic rings. The Bertz CT molecular complexity index is 373. The van der Waals surface area contributed by atoms with E-state index in [1.54, 1.807) is 0 Å². The van der Waals surface area contributed by atoms with Gasteiger partial charge in [0.15, 0.2) is 5.84 Å². The highest BCUT2D eigenvalue weighted by atomic mass is 16.4. The average Bonchev–Trinajstić information content (AvgIpc) is 2.61. The molecule has 20 heavy (non-hydrogen) atoms. The zero-order chi connectivity index (χ0) is 15.4. The Morgan fingerprint density at radius 3 is 2.40 bits per heavy atom. The van der Waals surface area contributed by atoms with Gasteiger partial charge in [0, 0.05) is 13.1 Å². The number of hydrogen-bond acceptors (Lipinski definition) is 3. The van der Waals surface area contributed by atoms with Crippen molar-refractivity contribution >= 4 is 11.7 Å². The van der Waals surface area contributed by atoms with Crippen LogP contribution in [0.1, 0.15) is 59.8 Å². The van der Waals surface area contributed by atoms with E-state index in [2.05, 4.69) is 19.0 Å². The predicted molar refractivity (Wildman–Crippen MR) is 80.6 cm³/mol. The van der Waals surface area contributed by atoms with Gasteiger partial charge >= 0.3 is 0 Å². The highest BCUT2D eigenvalue weighted by Crippen LogP contribution is 2.34. The third kappa shape index (κ3) is 3.25. The van der Waals surface area contributed by atoms with E-state index in [9.17, 15) is 4.79 Å². The Morgan fingerprint density at radius 1 is 1.30 bits per heavy atom. The van der Waals surface area contributed by atoms with Gasteiger partial charge in [-0.3, -0.25) is 4.79 Å². The fourth-order valence-corrected chi connectivity index (χ4v) is 3.05. The summed E-state index contributed by atoms with van der Waals surface area (Å²) < 4.78 is 0. The van der Waals surface area contributed by atoms with Crippen LogP contribution in [0, 0.1) is 10.8 Å². The topological polar surface area (TPSA) is 78.9 Å². The van der Waals surface area contributed by atoms with Gasteiger partial charge in [0.1, 0.15) is 5.41 Å². The van der Waals surface area contributed by atoms with Gasteiger partial charge in [-0.2, -0.15) is 0 Å². The molecule has 1 saturated heterocycles. The van der Waals surface area contributed by atoms with E-state index in [1.165, 1.54) is 0 Å². The molecule has 0 spiro atoms. The van der Waals surface area contributed by atoms with Gasteiger partial charge in [-0.1, -0.05) is 32.9 Å². The molecule has 1 fully saturated rings. The third-order valence-electron chi connectivity index (χ3n) is 4.84. The smallest absolute Gasteiger partial charge is 0.236 e. The molecule has 1 rings (SSSR count). The molecular formula is C15H29N3O2. The molecule has 0 radical (unpaired) electrons. The van der Waals surface area contributed by atoms with Crippen LogP contribution in [0.2, 0.25) is 0 Å². The lowest BCUT2D eigenvalue weighted by molar-refractivity contribution is -0.138. The van der Waals surface area contributed by atoms with Crippen molar-refractivity contribution in [2.24, 2.45) is 21.7 Å². The summed E-state index contributed by atoms with van der Waals surface area (Å²) in [5.41, 5.74) is 5.25. The highest BCUT2D eigenvalue weighted by Gasteiger charge is 2.43. The molecule has 1 amide bonds. The van der Waals surface area contributed by atoms with Crippen LogP contribution in [0.5, 0.6) is 0 Å². The molecule has 0 aliphatic carbocycles. The van der Waals surface area contributed by atoms with Crippen LogP contribution >= 0.6 is 0 Å². The second kappa shape index (κ2) is 6.46. The summed E-state index contributed by atoms with van der Waals surface area (Å²) >= 11 is 0. The summed E-state index contributed by atoms with van der Waals surface area (Å²) in [4.78, 5) is 14.8. The Labute approximate surface area is 122 Å². The van der Waals surface area contributed by atoms with E-state index in [-0.39, 0.29) is 17.2 Å². The molecule has 0 saturated carbocycles. The molecule has 0 aromatic heterocycles. The standard InChI is InChI=1S/C15H29N3O2/c1-5-15(6-2,12(16)17-20)13(19)18-10-7-8-14(3,4)9-11-18/h20H,5-11H2,1-4H3,(H2,16,17). The number of carbonyl (C=O) groups is 1. The van der Waals surface area contributed by atoms with Crippen molar-refractivity contribution in [1.82, 2.24) is 4.90 Å². The number of amidine groups is 1. The summed E-state index contributed by atoms with van der Waals surface area (Å²) in [5, 5.41) is 12.1. The largest absolute Gasteiger partial charge is 0.409 e. The van der Waals surface area contributed by atoms with Crippen LogP contribution in [-0.2, 0) is 4.79 Å². The van der Waals surface area contributed by atoms with Crippen LogP contribution in [-0.4, -0.2) is 34.9 Å². The SMILES string of the molecule is CCC(CC)(C(=O)N1CCCC(C)(C)CC1)C(N)=NO. The van der Waals surface area contributed by atoms with Gasteiger partial charge in [-0.25, -0.2) is 0 Å². The minimum absolute atomic E-state index is 0.00972. The van der Waals surface area contributed by atoms with Gasteiger partial charge in [0.05, 0.1) is 0 Å². The van der Waals surface area contributed by atoms with E-state index in [0.717, 1.165) is 32.4 Å². The maximum Gasteiger partial charge on any atom is 0.236 e. The van der Waals surface area contributed by atoms with Crippen LogP contribution < -0.4 is 5.73 Å². The number of amides is 1. The number of likely N-dealkylation sites (tertiary alicyclic amines) is 1. The van der Waals surface area contributed by atoms with Crippen molar-refractivity contribution in [3.63, 3.8) is 0 Å². The minimum atomic E-state index is -0.858. The number of oxime groups is 1. The summed E-state index contributed by atoms with van der Waals surface area (Å²) in [6.45, 7) is 9.85. The molecule has 1 aliphatic rings. The Balaban J connectivity index is 2.96. The molecule has 116 valence electrons. The summed E-state index contributed by atoms with van der Waals surface area (Å²) in [6, 6.07) is 0. The van der Waals surface area contributed by atoms with Gasteiger partial charge in [0.25, 0.3) is 0 Å². The van der Waals surface area contributed by atoms with E-state index < -0.39 is 5.41 Å². The number of rotatable bonds is 4. The molecule has 1 aliphatic heterocycles. The van der Waals surface area contributed by atoms with Crippen LogP contribution in [0.4, 0.5) is 0 Å². The molecule has 1 heterocycles. The van der Waals surface area contributed by atoms with Crippen LogP contribution in [0.3, 0.4) is 0 Å². The van der Waals surface area contributed by atoms with Crippen molar-refractivity contribution in [3.8, 4) is 0 Å². The average molecular weight is 283 g/mol. The fraction of sp³-hybridized carbons (Fsp3) is 0.867. The molecule has 3 N–H and O–H groups in total.